The van der Waals surface area contributed by atoms with Crippen molar-refractivity contribution in [1.29, 1.82) is 0 Å². The van der Waals surface area contributed by atoms with Crippen molar-refractivity contribution in [3.8, 4) is 11.5 Å². The van der Waals surface area contributed by atoms with E-state index in [4.69, 9.17) is 15.2 Å². The van der Waals surface area contributed by atoms with Crippen LogP contribution < -0.4 is 20.5 Å². The van der Waals surface area contributed by atoms with Crippen LogP contribution in [0, 0.1) is 0 Å². The maximum Gasteiger partial charge on any atom is 0.258 e. The summed E-state index contributed by atoms with van der Waals surface area (Å²) < 4.78 is 11.0. The van der Waals surface area contributed by atoms with E-state index in [-0.39, 0.29) is 18.1 Å². The molecule has 0 saturated carbocycles. The van der Waals surface area contributed by atoms with Crippen LogP contribution in [0.15, 0.2) is 18.2 Å². The fourth-order valence-corrected chi connectivity index (χ4v) is 1.66. The Morgan fingerprint density at radius 2 is 1.95 bits per heavy atom. The van der Waals surface area contributed by atoms with Gasteiger partial charge < -0.3 is 20.5 Å². The van der Waals surface area contributed by atoms with Gasteiger partial charge in [-0.3, -0.25) is 4.79 Å². The van der Waals surface area contributed by atoms with Crippen molar-refractivity contribution < 1.29 is 14.3 Å². The second-order valence-corrected chi connectivity index (χ2v) is 5.51. The van der Waals surface area contributed by atoms with Gasteiger partial charge in [-0.05, 0) is 45.4 Å². The standard InChI is InChI=1S/C15H24N2O3/c1-5-19-13-8-11(9-16)6-7-12(13)20-10-14(18)17-15(2,3)4/h6-8H,5,9-10,16H2,1-4H3,(H,17,18). The molecule has 5 heteroatoms. The molecule has 0 spiro atoms. The van der Waals surface area contributed by atoms with Gasteiger partial charge in [0, 0.05) is 12.1 Å². The Kier molecular flexibility index (Phi) is 5.82. The van der Waals surface area contributed by atoms with Crippen molar-refractivity contribution in [3.63, 3.8) is 0 Å². The van der Waals surface area contributed by atoms with Crippen LogP contribution in [0.3, 0.4) is 0 Å². The lowest BCUT2D eigenvalue weighted by atomic mass is 10.1. The van der Waals surface area contributed by atoms with Gasteiger partial charge in [-0.15, -0.1) is 0 Å². The lowest BCUT2D eigenvalue weighted by molar-refractivity contribution is -0.124. The summed E-state index contributed by atoms with van der Waals surface area (Å²) in [5.74, 6) is 0.995. The zero-order valence-electron chi connectivity index (χ0n) is 12.7. The van der Waals surface area contributed by atoms with Crippen LogP contribution >= 0.6 is 0 Å². The van der Waals surface area contributed by atoms with Crippen LogP contribution in [0.1, 0.15) is 33.3 Å². The number of carbonyl (C=O) groups is 1. The summed E-state index contributed by atoms with van der Waals surface area (Å²) in [7, 11) is 0. The first kappa shape index (κ1) is 16.3. The molecule has 0 radical (unpaired) electrons. The van der Waals surface area contributed by atoms with Gasteiger partial charge >= 0.3 is 0 Å². The first-order valence-corrected chi connectivity index (χ1v) is 6.75. The van der Waals surface area contributed by atoms with E-state index in [1.807, 2.05) is 39.8 Å². The number of benzene rings is 1. The van der Waals surface area contributed by atoms with E-state index in [1.54, 1.807) is 6.07 Å². The summed E-state index contributed by atoms with van der Waals surface area (Å²) in [6, 6.07) is 5.47. The molecule has 0 aliphatic carbocycles. The van der Waals surface area contributed by atoms with Crippen LogP contribution in [0.4, 0.5) is 0 Å². The predicted molar refractivity (Wildman–Crippen MR) is 78.9 cm³/mol. The Labute approximate surface area is 120 Å². The van der Waals surface area contributed by atoms with Crippen molar-refractivity contribution >= 4 is 5.91 Å². The minimum absolute atomic E-state index is 0.0423. The maximum atomic E-state index is 11.7. The summed E-state index contributed by atoms with van der Waals surface area (Å²) in [4.78, 5) is 11.7. The second kappa shape index (κ2) is 7.14. The highest BCUT2D eigenvalue weighted by molar-refractivity contribution is 5.78. The minimum Gasteiger partial charge on any atom is -0.490 e. The summed E-state index contributed by atoms with van der Waals surface area (Å²) >= 11 is 0. The summed E-state index contributed by atoms with van der Waals surface area (Å²) in [6.07, 6.45) is 0. The second-order valence-electron chi connectivity index (χ2n) is 5.51. The van der Waals surface area contributed by atoms with Gasteiger partial charge in [0.05, 0.1) is 6.61 Å². The smallest absolute Gasteiger partial charge is 0.258 e. The minimum atomic E-state index is -0.271. The highest BCUT2D eigenvalue weighted by atomic mass is 16.5. The quantitative estimate of drug-likeness (QED) is 0.834. The molecule has 0 fully saturated rings. The van der Waals surface area contributed by atoms with Crippen molar-refractivity contribution in [2.75, 3.05) is 13.2 Å². The van der Waals surface area contributed by atoms with Gasteiger partial charge in [0.15, 0.2) is 18.1 Å². The molecule has 3 N–H and O–H groups in total. The largest absolute Gasteiger partial charge is 0.490 e. The van der Waals surface area contributed by atoms with E-state index in [0.717, 1.165) is 5.56 Å². The third-order valence-corrected chi connectivity index (χ3v) is 2.42. The zero-order chi connectivity index (χ0) is 15.2. The Bertz CT molecular complexity index is 453. The van der Waals surface area contributed by atoms with Crippen molar-refractivity contribution in [1.82, 2.24) is 5.32 Å². The number of rotatable bonds is 6. The van der Waals surface area contributed by atoms with Crippen LogP contribution in [0.2, 0.25) is 0 Å². The van der Waals surface area contributed by atoms with Crippen LogP contribution in [0.25, 0.3) is 0 Å². The van der Waals surface area contributed by atoms with E-state index in [0.29, 0.717) is 24.7 Å². The number of amides is 1. The average Bonchev–Trinajstić information content (AvgIpc) is 2.35. The molecule has 0 bridgehead atoms. The predicted octanol–water partition coefficient (Wildman–Crippen LogP) is 1.84. The number of hydrogen-bond acceptors (Lipinski definition) is 4. The van der Waals surface area contributed by atoms with Gasteiger partial charge in [0.1, 0.15) is 0 Å². The molecule has 20 heavy (non-hydrogen) atoms. The summed E-state index contributed by atoms with van der Waals surface area (Å²) in [6.45, 7) is 8.58. The Morgan fingerprint density at radius 3 is 2.50 bits per heavy atom. The molecule has 1 aromatic carbocycles. The fourth-order valence-electron chi connectivity index (χ4n) is 1.66. The average molecular weight is 280 g/mol. The molecule has 0 aromatic heterocycles. The van der Waals surface area contributed by atoms with Gasteiger partial charge in [-0.1, -0.05) is 6.07 Å². The molecule has 5 nitrogen and oxygen atoms in total. The molecule has 1 rings (SSSR count). The molecule has 0 aliphatic rings. The third-order valence-electron chi connectivity index (χ3n) is 2.42. The van der Waals surface area contributed by atoms with Crippen LogP contribution in [0.5, 0.6) is 11.5 Å². The molecule has 0 unspecified atom stereocenters. The molecule has 0 atom stereocenters. The zero-order valence-corrected chi connectivity index (χ0v) is 12.7. The lowest BCUT2D eigenvalue weighted by Crippen LogP contribution is -2.43. The highest BCUT2D eigenvalue weighted by Gasteiger charge is 2.15. The Hall–Kier alpha value is -1.75. The monoisotopic (exact) mass is 280 g/mol. The van der Waals surface area contributed by atoms with E-state index in [1.165, 1.54) is 0 Å². The van der Waals surface area contributed by atoms with Gasteiger partial charge in [0.25, 0.3) is 5.91 Å². The van der Waals surface area contributed by atoms with Gasteiger partial charge in [0.2, 0.25) is 0 Å². The normalized spacial score (nSPS) is 11.1. The Morgan fingerprint density at radius 1 is 1.25 bits per heavy atom. The van der Waals surface area contributed by atoms with E-state index >= 15 is 0 Å². The molecular weight excluding hydrogens is 256 g/mol. The topological polar surface area (TPSA) is 73.6 Å². The van der Waals surface area contributed by atoms with Crippen LogP contribution in [-0.2, 0) is 11.3 Å². The highest BCUT2D eigenvalue weighted by Crippen LogP contribution is 2.28. The molecule has 0 saturated heterocycles. The SMILES string of the molecule is CCOc1cc(CN)ccc1OCC(=O)NC(C)(C)C. The molecule has 0 heterocycles. The van der Waals surface area contributed by atoms with Crippen molar-refractivity contribution in [2.24, 2.45) is 5.73 Å². The lowest BCUT2D eigenvalue weighted by Gasteiger charge is -2.20. The molecule has 112 valence electrons. The maximum absolute atomic E-state index is 11.7. The molecule has 0 aliphatic heterocycles. The molecule has 1 amide bonds. The Balaban J connectivity index is 2.69. The number of hydrogen-bond donors (Lipinski definition) is 2. The first-order valence-electron chi connectivity index (χ1n) is 6.75. The van der Waals surface area contributed by atoms with Gasteiger partial charge in [-0.25, -0.2) is 0 Å². The van der Waals surface area contributed by atoms with E-state index in [2.05, 4.69) is 5.32 Å². The van der Waals surface area contributed by atoms with Crippen molar-refractivity contribution in [2.45, 2.75) is 39.8 Å². The number of nitrogens with one attached hydrogen (secondary N) is 1. The third kappa shape index (κ3) is 5.48. The molecule has 1 aromatic rings. The number of nitrogens with two attached hydrogens (primary N) is 1. The van der Waals surface area contributed by atoms with Gasteiger partial charge in [-0.2, -0.15) is 0 Å². The van der Waals surface area contributed by atoms with Crippen LogP contribution in [-0.4, -0.2) is 24.7 Å². The summed E-state index contributed by atoms with van der Waals surface area (Å²) in [5, 5.41) is 2.84. The fraction of sp³-hybridized carbons (Fsp3) is 0.533. The number of carbonyl (C=O) groups excluding carboxylic acids is 1. The molecular formula is C15H24N2O3. The van der Waals surface area contributed by atoms with Crippen molar-refractivity contribution in [3.05, 3.63) is 23.8 Å². The summed E-state index contributed by atoms with van der Waals surface area (Å²) in [5.41, 5.74) is 6.28. The van der Waals surface area contributed by atoms with E-state index < -0.39 is 0 Å². The first-order chi connectivity index (χ1) is 9.35. The number of ether oxygens (including phenoxy) is 2. The van der Waals surface area contributed by atoms with E-state index in [9.17, 15) is 4.79 Å².